The van der Waals surface area contributed by atoms with E-state index in [0.29, 0.717) is 18.1 Å². The lowest BCUT2D eigenvalue weighted by Crippen LogP contribution is -2.29. The lowest BCUT2D eigenvalue weighted by atomic mass is 10.2. The van der Waals surface area contributed by atoms with Crippen molar-refractivity contribution >= 4 is 29.3 Å². The summed E-state index contributed by atoms with van der Waals surface area (Å²) in [5, 5.41) is 2.49. The third-order valence-electron chi connectivity index (χ3n) is 3.75. The van der Waals surface area contributed by atoms with E-state index in [9.17, 15) is 14.0 Å². The normalized spacial score (nSPS) is 13.8. The second-order valence-electron chi connectivity index (χ2n) is 5.86. The highest BCUT2D eigenvalue weighted by atomic mass is 32.1. The van der Waals surface area contributed by atoms with Crippen LogP contribution in [-0.2, 0) is 14.3 Å². The first-order valence-corrected chi connectivity index (χ1v) is 8.90. The predicted octanol–water partition coefficient (Wildman–Crippen LogP) is 3.64. The van der Waals surface area contributed by atoms with E-state index in [1.165, 1.54) is 23.5 Å². The Hall–Kier alpha value is -2.47. The van der Waals surface area contributed by atoms with Gasteiger partial charge in [0, 0.05) is 21.4 Å². The van der Waals surface area contributed by atoms with Crippen LogP contribution in [-0.4, -0.2) is 25.0 Å². The summed E-state index contributed by atoms with van der Waals surface area (Å²) in [6, 6.07) is 10.2. The molecule has 0 unspecified atom stereocenters. The van der Waals surface area contributed by atoms with Gasteiger partial charge in [0.15, 0.2) is 0 Å². The van der Waals surface area contributed by atoms with Crippen molar-refractivity contribution in [2.75, 3.05) is 13.2 Å². The molecule has 0 spiro atoms. The lowest BCUT2D eigenvalue weighted by Gasteiger charge is -2.03. The number of thiophene rings is 1. The van der Waals surface area contributed by atoms with Gasteiger partial charge in [-0.15, -0.1) is 11.3 Å². The zero-order valence-corrected chi connectivity index (χ0v) is 14.4. The molecule has 25 heavy (non-hydrogen) atoms. The molecule has 0 aliphatic heterocycles. The van der Waals surface area contributed by atoms with Gasteiger partial charge in [-0.2, -0.15) is 0 Å². The fourth-order valence-electron chi connectivity index (χ4n) is 2.17. The van der Waals surface area contributed by atoms with Crippen molar-refractivity contribution in [3.05, 3.63) is 53.2 Å². The van der Waals surface area contributed by atoms with E-state index in [2.05, 4.69) is 5.32 Å². The van der Waals surface area contributed by atoms with E-state index < -0.39 is 5.97 Å². The van der Waals surface area contributed by atoms with E-state index >= 15 is 0 Å². The Balaban J connectivity index is 1.49. The number of ether oxygens (including phenoxy) is 1. The zero-order chi connectivity index (χ0) is 17.6. The Kier molecular flexibility index (Phi) is 5.60. The number of nitrogens with one attached hydrogen (secondary N) is 1. The maximum Gasteiger partial charge on any atom is 0.325 e. The SMILES string of the molecule is O=C(/C=C/c1ccc(-c2ccccc2F)s1)NCC(=O)OCC1CC1. The number of amides is 1. The molecule has 0 bridgehead atoms. The molecule has 1 aliphatic rings. The number of benzene rings is 1. The van der Waals surface area contributed by atoms with Gasteiger partial charge >= 0.3 is 5.97 Å². The van der Waals surface area contributed by atoms with E-state index in [0.717, 1.165) is 22.6 Å². The number of hydrogen-bond acceptors (Lipinski definition) is 4. The summed E-state index contributed by atoms with van der Waals surface area (Å²) >= 11 is 1.39. The summed E-state index contributed by atoms with van der Waals surface area (Å²) in [5.41, 5.74) is 0.537. The van der Waals surface area contributed by atoms with Gasteiger partial charge in [0.25, 0.3) is 0 Å². The van der Waals surface area contributed by atoms with Gasteiger partial charge in [-0.1, -0.05) is 18.2 Å². The van der Waals surface area contributed by atoms with Crippen molar-refractivity contribution in [2.24, 2.45) is 5.92 Å². The van der Waals surface area contributed by atoms with Crippen LogP contribution < -0.4 is 5.32 Å². The first-order chi connectivity index (χ1) is 12.1. The molecule has 1 aromatic carbocycles. The van der Waals surface area contributed by atoms with Crippen LogP contribution in [0.1, 0.15) is 17.7 Å². The number of hydrogen-bond donors (Lipinski definition) is 1. The minimum absolute atomic E-state index is 0.138. The molecule has 1 N–H and O–H groups in total. The van der Waals surface area contributed by atoms with E-state index in [4.69, 9.17) is 4.74 Å². The Morgan fingerprint density at radius 3 is 2.80 bits per heavy atom. The molecule has 0 saturated heterocycles. The van der Waals surface area contributed by atoms with Crippen molar-refractivity contribution in [1.82, 2.24) is 5.32 Å². The molecule has 1 aromatic heterocycles. The first-order valence-electron chi connectivity index (χ1n) is 8.08. The summed E-state index contributed by atoms with van der Waals surface area (Å²) in [6.07, 6.45) is 5.21. The Morgan fingerprint density at radius 2 is 2.04 bits per heavy atom. The summed E-state index contributed by atoms with van der Waals surface area (Å²) in [5.74, 6) is -0.569. The van der Waals surface area contributed by atoms with Crippen LogP contribution in [0.2, 0.25) is 0 Å². The average Bonchev–Trinajstić information content (AvgIpc) is 3.33. The quantitative estimate of drug-likeness (QED) is 0.607. The van der Waals surface area contributed by atoms with Crippen LogP contribution in [0.25, 0.3) is 16.5 Å². The minimum Gasteiger partial charge on any atom is -0.464 e. The molecule has 4 nitrogen and oxygen atoms in total. The third-order valence-corrected chi connectivity index (χ3v) is 4.83. The number of rotatable bonds is 7. The Labute approximate surface area is 149 Å². The van der Waals surface area contributed by atoms with E-state index in [1.54, 1.807) is 24.3 Å². The predicted molar refractivity (Wildman–Crippen MR) is 95.4 cm³/mol. The molecule has 1 fully saturated rings. The van der Waals surface area contributed by atoms with Gasteiger partial charge < -0.3 is 10.1 Å². The number of halogens is 1. The van der Waals surface area contributed by atoms with Gasteiger partial charge in [0.2, 0.25) is 5.91 Å². The van der Waals surface area contributed by atoms with Gasteiger partial charge in [-0.25, -0.2) is 4.39 Å². The molecule has 1 heterocycles. The molecule has 0 atom stereocenters. The minimum atomic E-state index is -0.424. The fraction of sp³-hybridized carbons (Fsp3) is 0.263. The molecule has 2 aromatic rings. The molecular formula is C19H18FNO3S. The maximum atomic E-state index is 13.8. The molecule has 3 rings (SSSR count). The lowest BCUT2D eigenvalue weighted by molar-refractivity contribution is -0.144. The largest absolute Gasteiger partial charge is 0.464 e. The first kappa shape index (κ1) is 17.4. The summed E-state index contributed by atoms with van der Waals surface area (Å²) in [6.45, 7) is 0.305. The van der Waals surface area contributed by atoms with Gasteiger partial charge in [-0.3, -0.25) is 9.59 Å². The second-order valence-corrected chi connectivity index (χ2v) is 6.97. The molecule has 1 amide bonds. The summed E-state index contributed by atoms with van der Waals surface area (Å²) in [4.78, 5) is 24.8. The molecule has 6 heteroatoms. The monoisotopic (exact) mass is 359 g/mol. The number of esters is 1. The third kappa shape index (κ3) is 5.26. The topological polar surface area (TPSA) is 55.4 Å². The van der Waals surface area contributed by atoms with Crippen LogP contribution in [0.15, 0.2) is 42.5 Å². The van der Waals surface area contributed by atoms with Crippen molar-refractivity contribution in [3.63, 3.8) is 0 Å². The Bertz CT molecular complexity index is 795. The van der Waals surface area contributed by atoms with Crippen molar-refractivity contribution in [1.29, 1.82) is 0 Å². The smallest absolute Gasteiger partial charge is 0.325 e. The Morgan fingerprint density at radius 1 is 1.24 bits per heavy atom. The number of carbonyl (C=O) groups is 2. The molecule has 1 aliphatic carbocycles. The standard InChI is InChI=1S/C19H18FNO3S/c20-16-4-2-1-3-15(16)17-9-7-14(25-17)8-10-18(22)21-11-19(23)24-12-13-5-6-13/h1-4,7-10,13H,5-6,11-12H2,(H,21,22)/b10-8+. The maximum absolute atomic E-state index is 13.8. The molecule has 130 valence electrons. The van der Waals surface area contributed by atoms with Gasteiger partial charge in [0.05, 0.1) is 6.61 Å². The van der Waals surface area contributed by atoms with Crippen LogP contribution in [0, 0.1) is 11.7 Å². The van der Waals surface area contributed by atoms with Crippen LogP contribution >= 0.6 is 11.3 Å². The molecule has 0 radical (unpaired) electrons. The summed E-state index contributed by atoms with van der Waals surface area (Å²) in [7, 11) is 0. The van der Waals surface area contributed by atoms with Gasteiger partial charge in [0.1, 0.15) is 12.4 Å². The zero-order valence-electron chi connectivity index (χ0n) is 13.5. The highest BCUT2D eigenvalue weighted by molar-refractivity contribution is 7.16. The van der Waals surface area contributed by atoms with Crippen LogP contribution in [0.4, 0.5) is 4.39 Å². The van der Waals surface area contributed by atoms with E-state index in [1.807, 2.05) is 12.1 Å². The van der Waals surface area contributed by atoms with Crippen LogP contribution in [0.3, 0.4) is 0 Å². The number of carbonyl (C=O) groups excluding carboxylic acids is 2. The molecule has 1 saturated carbocycles. The highest BCUT2D eigenvalue weighted by Gasteiger charge is 2.22. The van der Waals surface area contributed by atoms with Crippen molar-refractivity contribution < 1.29 is 18.7 Å². The fourth-order valence-corrected chi connectivity index (χ4v) is 3.11. The molecular weight excluding hydrogens is 341 g/mol. The van der Waals surface area contributed by atoms with Crippen molar-refractivity contribution in [2.45, 2.75) is 12.8 Å². The highest BCUT2D eigenvalue weighted by Crippen LogP contribution is 2.30. The average molecular weight is 359 g/mol. The van der Waals surface area contributed by atoms with Crippen molar-refractivity contribution in [3.8, 4) is 10.4 Å². The van der Waals surface area contributed by atoms with E-state index in [-0.39, 0.29) is 18.3 Å². The van der Waals surface area contributed by atoms with Crippen LogP contribution in [0.5, 0.6) is 0 Å². The summed E-state index contributed by atoms with van der Waals surface area (Å²) < 4.78 is 18.8. The second kappa shape index (κ2) is 8.07. The van der Waals surface area contributed by atoms with Gasteiger partial charge in [-0.05, 0) is 43.0 Å².